The summed E-state index contributed by atoms with van der Waals surface area (Å²) in [6, 6.07) is 14.5. The molecule has 1 aromatic heterocycles. The first kappa shape index (κ1) is 24.7. The number of hydrogen-bond acceptors (Lipinski definition) is 8. The number of aromatic nitrogens is 2. The molecule has 0 saturated carbocycles. The number of anilines is 2. The van der Waals surface area contributed by atoms with E-state index in [0.717, 1.165) is 0 Å². The van der Waals surface area contributed by atoms with Crippen LogP contribution in [-0.4, -0.2) is 35.3 Å². The summed E-state index contributed by atoms with van der Waals surface area (Å²) in [6.45, 7) is 0. The molecule has 0 unspecified atom stereocenters. The molecule has 0 spiro atoms. The number of ether oxygens (including phenoxy) is 2. The number of carbonyl (C=O) groups excluding carboxylic acids is 2. The molecule has 0 atom stereocenters. The van der Waals surface area contributed by atoms with E-state index in [-0.39, 0.29) is 17.2 Å². The van der Waals surface area contributed by atoms with Gasteiger partial charge in [0.05, 0.1) is 25.4 Å². The number of amides is 2. The van der Waals surface area contributed by atoms with Gasteiger partial charge in [0.1, 0.15) is 18.0 Å². The minimum absolute atomic E-state index is 0.0287. The molecule has 0 aliphatic heterocycles. The summed E-state index contributed by atoms with van der Waals surface area (Å²) >= 11 is 0.619. The first-order valence-electron chi connectivity index (χ1n) is 10.7. The lowest BCUT2D eigenvalue weighted by molar-refractivity contribution is -0.110. The van der Waals surface area contributed by atoms with Crippen molar-refractivity contribution in [1.29, 1.82) is 0 Å². The monoisotopic (exact) mass is 507 g/mol. The Labute approximate surface area is 210 Å². The number of hydrogen-bond donors (Lipinski definition) is 3. The van der Waals surface area contributed by atoms with Crippen molar-refractivity contribution in [2.24, 2.45) is 5.73 Å². The van der Waals surface area contributed by atoms with Crippen LogP contribution < -0.4 is 25.2 Å². The number of primary amides is 1. The Morgan fingerprint density at radius 2 is 1.78 bits per heavy atom. The van der Waals surface area contributed by atoms with Crippen LogP contribution in [0.15, 0.2) is 60.9 Å². The second-order valence-electron chi connectivity index (χ2n) is 7.54. The zero-order valence-electron chi connectivity index (χ0n) is 19.4. The van der Waals surface area contributed by atoms with E-state index in [4.69, 9.17) is 15.2 Å². The summed E-state index contributed by atoms with van der Waals surface area (Å²) < 4.78 is 28.1. The summed E-state index contributed by atoms with van der Waals surface area (Å²) in [7, 11) is 3.06. The van der Waals surface area contributed by atoms with Crippen molar-refractivity contribution in [3.63, 3.8) is 0 Å². The molecule has 2 amide bonds. The van der Waals surface area contributed by atoms with Gasteiger partial charge in [0.15, 0.2) is 11.5 Å². The number of carbonyl (C=O) groups is 2. The molecule has 9 nitrogen and oxygen atoms in total. The van der Waals surface area contributed by atoms with Crippen molar-refractivity contribution in [3.8, 4) is 22.6 Å². The minimum Gasteiger partial charge on any atom is -0.493 e. The maximum Gasteiger partial charge on any atom is 0.322 e. The van der Waals surface area contributed by atoms with E-state index in [0.29, 0.717) is 56.9 Å². The number of nitrogens with two attached hydrogens (primary N) is 1. The minimum atomic E-state index is -0.805. The fourth-order valence-electron chi connectivity index (χ4n) is 3.65. The van der Waals surface area contributed by atoms with E-state index in [1.165, 1.54) is 26.6 Å². The van der Waals surface area contributed by atoms with Crippen molar-refractivity contribution in [3.05, 3.63) is 72.3 Å². The lowest BCUT2D eigenvalue weighted by Gasteiger charge is -2.14. The number of benzene rings is 3. The first-order valence-corrected chi connectivity index (χ1v) is 11.5. The summed E-state index contributed by atoms with van der Waals surface area (Å²) in [5, 5.41) is 3.35. The van der Waals surface area contributed by atoms with E-state index >= 15 is 4.39 Å². The van der Waals surface area contributed by atoms with E-state index in [2.05, 4.69) is 20.0 Å². The van der Waals surface area contributed by atoms with Crippen molar-refractivity contribution >= 4 is 45.5 Å². The second kappa shape index (κ2) is 10.9. The molecule has 36 heavy (non-hydrogen) atoms. The molecule has 1 heterocycles. The molecular formula is C25H22FN5O4S. The first-order chi connectivity index (χ1) is 17.4. The van der Waals surface area contributed by atoms with Crippen LogP contribution in [0.5, 0.6) is 11.5 Å². The standard InChI is InChI=1S/C25H22FN5O4S/c1-34-21-11-17-20(12-22(21)35-2)28-13-29-24(17)30-19-8-7-15(9-18(19)26)16-6-4-3-5-14(16)10-23(32)36-31-25(27)33/h3-9,11-13H,10H2,1-2H3,(H3,27,31,33)(H,28,29,30). The number of halogens is 1. The van der Waals surface area contributed by atoms with Crippen LogP contribution in [0.3, 0.4) is 0 Å². The average Bonchev–Trinajstić information content (AvgIpc) is 2.88. The third-order valence-corrected chi connectivity index (χ3v) is 5.97. The Morgan fingerprint density at radius 3 is 2.50 bits per heavy atom. The van der Waals surface area contributed by atoms with Crippen molar-refractivity contribution < 1.29 is 23.5 Å². The summed E-state index contributed by atoms with van der Waals surface area (Å²) in [4.78, 5) is 31.6. The highest BCUT2D eigenvalue weighted by atomic mass is 32.2. The number of nitrogens with one attached hydrogen (secondary N) is 2. The van der Waals surface area contributed by atoms with E-state index in [9.17, 15) is 9.59 Å². The number of nitrogens with zero attached hydrogens (tertiary/aromatic N) is 2. The maximum absolute atomic E-state index is 15.2. The summed E-state index contributed by atoms with van der Waals surface area (Å²) in [5.74, 6) is 0.906. The van der Waals surface area contributed by atoms with Gasteiger partial charge in [0.25, 0.3) is 0 Å². The molecule has 4 N–H and O–H groups in total. The Morgan fingerprint density at radius 1 is 1.03 bits per heavy atom. The molecule has 4 rings (SSSR count). The number of urea groups is 1. The Bertz CT molecular complexity index is 1450. The SMILES string of the molecule is COc1cc2ncnc(Nc3ccc(-c4ccccc4CC(=O)SNC(N)=O)cc3F)c2cc1OC. The fourth-order valence-corrected chi connectivity index (χ4v) is 4.09. The third-order valence-electron chi connectivity index (χ3n) is 5.29. The highest BCUT2D eigenvalue weighted by molar-refractivity contribution is 8.12. The van der Waals surface area contributed by atoms with Crippen LogP contribution in [-0.2, 0) is 11.2 Å². The molecule has 3 aromatic carbocycles. The zero-order chi connectivity index (χ0) is 25.7. The van der Waals surface area contributed by atoms with Gasteiger partial charge >= 0.3 is 6.03 Å². The summed E-state index contributed by atoms with van der Waals surface area (Å²) in [6.07, 6.45) is 1.40. The van der Waals surface area contributed by atoms with Crippen LogP contribution in [0.25, 0.3) is 22.0 Å². The van der Waals surface area contributed by atoms with Crippen molar-refractivity contribution in [2.45, 2.75) is 6.42 Å². The lowest BCUT2D eigenvalue weighted by atomic mass is 9.97. The third kappa shape index (κ3) is 5.47. The van der Waals surface area contributed by atoms with Gasteiger partial charge in [-0.15, -0.1) is 0 Å². The molecule has 0 bridgehead atoms. The van der Waals surface area contributed by atoms with Gasteiger partial charge in [-0.25, -0.2) is 19.2 Å². The maximum atomic E-state index is 15.2. The van der Waals surface area contributed by atoms with Gasteiger partial charge in [-0.05, 0) is 34.9 Å². The van der Waals surface area contributed by atoms with Gasteiger partial charge in [-0.3, -0.25) is 9.52 Å². The molecule has 0 aliphatic rings. The smallest absolute Gasteiger partial charge is 0.322 e. The Kier molecular flexibility index (Phi) is 7.50. The van der Waals surface area contributed by atoms with E-state index < -0.39 is 11.8 Å². The molecular weight excluding hydrogens is 485 g/mol. The molecule has 0 fully saturated rings. The van der Waals surface area contributed by atoms with Gasteiger partial charge in [0.2, 0.25) is 5.12 Å². The normalized spacial score (nSPS) is 10.6. The highest BCUT2D eigenvalue weighted by Crippen LogP contribution is 2.35. The lowest BCUT2D eigenvalue weighted by Crippen LogP contribution is -2.24. The topological polar surface area (TPSA) is 128 Å². The van der Waals surface area contributed by atoms with Gasteiger partial charge in [0, 0.05) is 29.8 Å². The predicted molar refractivity (Wildman–Crippen MR) is 137 cm³/mol. The number of methoxy groups -OCH3 is 2. The van der Waals surface area contributed by atoms with Crippen LogP contribution in [0, 0.1) is 5.82 Å². The van der Waals surface area contributed by atoms with Gasteiger partial charge < -0.3 is 20.5 Å². The summed E-state index contributed by atoms with van der Waals surface area (Å²) in [5.41, 5.74) is 7.79. The van der Waals surface area contributed by atoms with Gasteiger partial charge in [-0.1, -0.05) is 30.3 Å². The molecule has 4 aromatic rings. The number of fused-ring (bicyclic) bond motifs is 1. The molecule has 0 aliphatic carbocycles. The fraction of sp³-hybridized carbons (Fsp3) is 0.120. The van der Waals surface area contributed by atoms with Crippen molar-refractivity contribution in [2.75, 3.05) is 19.5 Å². The number of rotatable bonds is 7. The second-order valence-corrected chi connectivity index (χ2v) is 8.40. The van der Waals surface area contributed by atoms with Crippen molar-refractivity contribution in [1.82, 2.24) is 14.7 Å². The van der Waals surface area contributed by atoms with Crippen LogP contribution in [0.4, 0.5) is 20.7 Å². The zero-order valence-corrected chi connectivity index (χ0v) is 20.2. The Balaban J connectivity index is 1.62. The highest BCUT2D eigenvalue weighted by Gasteiger charge is 2.15. The van der Waals surface area contributed by atoms with Crippen LogP contribution >= 0.6 is 11.9 Å². The molecule has 0 saturated heterocycles. The average molecular weight is 508 g/mol. The van der Waals surface area contributed by atoms with Gasteiger partial charge in [-0.2, -0.15) is 0 Å². The van der Waals surface area contributed by atoms with Crippen LogP contribution in [0.2, 0.25) is 0 Å². The van der Waals surface area contributed by atoms with Crippen LogP contribution in [0.1, 0.15) is 5.56 Å². The molecule has 0 radical (unpaired) electrons. The quantitative estimate of drug-likeness (QED) is 0.310. The Hall–Kier alpha value is -4.38. The molecule has 184 valence electrons. The largest absolute Gasteiger partial charge is 0.493 e. The molecule has 11 heteroatoms. The predicted octanol–water partition coefficient (Wildman–Crippen LogP) is 4.58. The van der Waals surface area contributed by atoms with E-state index in [1.54, 1.807) is 48.5 Å². The van der Waals surface area contributed by atoms with E-state index in [1.807, 2.05) is 0 Å².